The number of hydrogen-bond donors (Lipinski definition) is 2. The summed E-state index contributed by atoms with van der Waals surface area (Å²) in [4.78, 5) is 28.3. The Morgan fingerprint density at radius 3 is 2.55 bits per heavy atom. The molecule has 0 aliphatic rings. The number of aromatic nitrogens is 3. The van der Waals surface area contributed by atoms with Crippen molar-refractivity contribution in [2.45, 2.75) is 19.9 Å². The monoisotopic (exact) mass is 295 g/mol. The summed E-state index contributed by atoms with van der Waals surface area (Å²) in [6.45, 7) is 4.00. The van der Waals surface area contributed by atoms with Crippen LogP contribution in [0.4, 0.5) is 10.9 Å². The molecule has 0 atom stereocenters. The van der Waals surface area contributed by atoms with Gasteiger partial charge in [0.1, 0.15) is 11.4 Å². The first-order chi connectivity index (χ1) is 9.32. The minimum Gasteiger partial charge on any atom is -0.384 e. The second-order valence-corrected chi connectivity index (χ2v) is 5.66. The van der Waals surface area contributed by atoms with Gasteiger partial charge in [0.2, 0.25) is 0 Å². The Kier molecular flexibility index (Phi) is 3.67. The number of rotatable bonds is 3. The molecule has 0 spiro atoms. The number of nitrogens with two attached hydrogens (primary N) is 1. The fraction of sp³-hybridized carbons (Fsp3) is 0.417. The van der Waals surface area contributed by atoms with Gasteiger partial charge in [-0.15, -0.1) is 11.3 Å². The molecule has 20 heavy (non-hydrogen) atoms. The van der Waals surface area contributed by atoms with Crippen molar-refractivity contribution in [1.29, 1.82) is 0 Å². The van der Waals surface area contributed by atoms with Crippen LogP contribution in [0.3, 0.4) is 0 Å². The Morgan fingerprint density at radius 2 is 1.95 bits per heavy atom. The molecule has 0 unspecified atom stereocenters. The van der Waals surface area contributed by atoms with Crippen molar-refractivity contribution >= 4 is 22.3 Å². The zero-order valence-electron chi connectivity index (χ0n) is 11.8. The third-order valence-electron chi connectivity index (χ3n) is 2.88. The molecule has 3 N–H and O–H groups in total. The minimum atomic E-state index is -0.452. The van der Waals surface area contributed by atoms with Crippen molar-refractivity contribution in [2.75, 3.05) is 11.1 Å². The van der Waals surface area contributed by atoms with Crippen molar-refractivity contribution in [3.63, 3.8) is 0 Å². The zero-order valence-corrected chi connectivity index (χ0v) is 12.6. The summed E-state index contributed by atoms with van der Waals surface area (Å²) < 4.78 is 2.27. The molecule has 0 aromatic carbocycles. The summed E-state index contributed by atoms with van der Waals surface area (Å²) in [5, 5.41) is 5.63. The van der Waals surface area contributed by atoms with Gasteiger partial charge < -0.3 is 11.1 Å². The molecule has 2 aromatic rings. The summed E-state index contributed by atoms with van der Waals surface area (Å²) >= 11 is 1.39. The van der Waals surface area contributed by atoms with Gasteiger partial charge in [-0.3, -0.25) is 13.9 Å². The molecule has 108 valence electrons. The fourth-order valence-corrected chi connectivity index (χ4v) is 2.65. The van der Waals surface area contributed by atoms with Crippen molar-refractivity contribution in [3.8, 4) is 11.3 Å². The average Bonchev–Trinajstić information content (AvgIpc) is 2.81. The van der Waals surface area contributed by atoms with Gasteiger partial charge in [0.15, 0.2) is 5.13 Å². The lowest BCUT2D eigenvalue weighted by molar-refractivity contribution is 0.696. The molecule has 0 saturated carbocycles. The van der Waals surface area contributed by atoms with E-state index in [0.29, 0.717) is 10.8 Å². The first kappa shape index (κ1) is 14.3. The van der Waals surface area contributed by atoms with E-state index in [9.17, 15) is 9.59 Å². The summed E-state index contributed by atoms with van der Waals surface area (Å²) in [6, 6.07) is 0.245. The van der Waals surface area contributed by atoms with E-state index >= 15 is 0 Å². The normalized spacial score (nSPS) is 11.1. The highest BCUT2D eigenvalue weighted by Gasteiger charge is 2.17. The van der Waals surface area contributed by atoms with E-state index in [4.69, 9.17) is 5.73 Å². The van der Waals surface area contributed by atoms with Gasteiger partial charge in [-0.25, -0.2) is 9.78 Å². The molecule has 0 bridgehead atoms. The molecule has 0 aliphatic heterocycles. The fourth-order valence-electron chi connectivity index (χ4n) is 1.80. The van der Waals surface area contributed by atoms with Crippen LogP contribution in [0.1, 0.15) is 13.8 Å². The van der Waals surface area contributed by atoms with E-state index in [2.05, 4.69) is 10.3 Å². The van der Waals surface area contributed by atoms with Crippen LogP contribution in [0.25, 0.3) is 11.3 Å². The Bertz CT molecular complexity index is 756. The maximum Gasteiger partial charge on any atom is 0.332 e. The number of hydrogen-bond acceptors (Lipinski definition) is 6. The SMILES string of the molecule is CC(C)Nc1nc(-c2c(N)n(C)c(=O)n(C)c2=O)cs1. The van der Waals surface area contributed by atoms with E-state index in [1.807, 2.05) is 13.8 Å². The quantitative estimate of drug-likeness (QED) is 0.865. The van der Waals surface area contributed by atoms with E-state index in [0.717, 1.165) is 4.57 Å². The molecular weight excluding hydrogens is 278 g/mol. The number of nitrogens with zero attached hydrogens (tertiary/aromatic N) is 3. The predicted octanol–water partition coefficient (Wildman–Crippen LogP) is 0.610. The standard InChI is InChI=1S/C12H17N5O2S/c1-6(2)14-11-15-7(5-20-11)8-9(13)16(3)12(19)17(4)10(8)18/h5-6H,13H2,1-4H3,(H,14,15). The average molecular weight is 295 g/mol. The van der Waals surface area contributed by atoms with Gasteiger partial charge in [0.05, 0.1) is 5.69 Å². The summed E-state index contributed by atoms with van der Waals surface area (Å²) in [7, 11) is 2.95. The lowest BCUT2D eigenvalue weighted by Crippen LogP contribution is -2.39. The minimum absolute atomic E-state index is 0.125. The maximum absolute atomic E-state index is 12.2. The van der Waals surface area contributed by atoms with Crippen molar-refractivity contribution in [1.82, 2.24) is 14.1 Å². The van der Waals surface area contributed by atoms with E-state index in [-0.39, 0.29) is 17.4 Å². The van der Waals surface area contributed by atoms with Crippen LogP contribution in [-0.4, -0.2) is 20.2 Å². The summed E-state index contributed by atoms with van der Waals surface area (Å²) in [5.41, 5.74) is 5.73. The van der Waals surface area contributed by atoms with Crippen molar-refractivity contribution < 1.29 is 0 Å². The highest BCUT2D eigenvalue weighted by Crippen LogP contribution is 2.25. The van der Waals surface area contributed by atoms with Gasteiger partial charge in [0.25, 0.3) is 5.56 Å². The van der Waals surface area contributed by atoms with Crippen LogP contribution in [0.2, 0.25) is 0 Å². The largest absolute Gasteiger partial charge is 0.384 e. The van der Waals surface area contributed by atoms with Crippen LogP contribution in [0.15, 0.2) is 15.0 Å². The number of anilines is 2. The molecule has 0 radical (unpaired) electrons. The van der Waals surface area contributed by atoms with Crippen LogP contribution < -0.4 is 22.3 Å². The van der Waals surface area contributed by atoms with Crippen LogP contribution >= 0.6 is 11.3 Å². The third-order valence-corrected chi connectivity index (χ3v) is 3.66. The molecular formula is C12H17N5O2S. The molecule has 7 nitrogen and oxygen atoms in total. The molecule has 0 saturated heterocycles. The third kappa shape index (κ3) is 2.34. The van der Waals surface area contributed by atoms with E-state index in [1.165, 1.54) is 30.0 Å². The second kappa shape index (κ2) is 5.12. The maximum atomic E-state index is 12.2. The number of nitrogen functional groups attached to an aromatic ring is 1. The molecule has 2 heterocycles. The van der Waals surface area contributed by atoms with Crippen LogP contribution in [0.5, 0.6) is 0 Å². The predicted molar refractivity (Wildman–Crippen MR) is 81.2 cm³/mol. The lowest BCUT2D eigenvalue weighted by Gasteiger charge is -2.09. The second-order valence-electron chi connectivity index (χ2n) is 4.80. The summed E-state index contributed by atoms with van der Waals surface area (Å²) in [5.74, 6) is 0.125. The Balaban J connectivity index is 2.62. The van der Waals surface area contributed by atoms with Gasteiger partial charge in [-0.1, -0.05) is 0 Å². The molecule has 8 heteroatoms. The van der Waals surface area contributed by atoms with Gasteiger partial charge in [-0.05, 0) is 13.8 Å². The molecule has 0 aliphatic carbocycles. The Hall–Kier alpha value is -2.09. The van der Waals surface area contributed by atoms with Crippen molar-refractivity contribution in [3.05, 3.63) is 26.2 Å². The van der Waals surface area contributed by atoms with Crippen molar-refractivity contribution in [2.24, 2.45) is 14.1 Å². The van der Waals surface area contributed by atoms with Gasteiger partial charge in [0, 0.05) is 25.5 Å². The number of thiazole rings is 1. The van der Waals surface area contributed by atoms with E-state index < -0.39 is 11.2 Å². The first-order valence-electron chi connectivity index (χ1n) is 6.10. The van der Waals surface area contributed by atoms with E-state index in [1.54, 1.807) is 5.38 Å². The Morgan fingerprint density at radius 1 is 1.30 bits per heavy atom. The molecule has 0 fully saturated rings. The summed E-state index contributed by atoms with van der Waals surface area (Å²) in [6.07, 6.45) is 0. The smallest absolute Gasteiger partial charge is 0.332 e. The molecule has 2 rings (SSSR count). The molecule has 0 amide bonds. The van der Waals surface area contributed by atoms with Crippen LogP contribution in [-0.2, 0) is 14.1 Å². The topological polar surface area (TPSA) is 94.9 Å². The number of nitrogens with one attached hydrogen (secondary N) is 1. The first-order valence-corrected chi connectivity index (χ1v) is 6.98. The molecule has 2 aromatic heterocycles. The zero-order chi connectivity index (χ0) is 15.0. The van der Waals surface area contributed by atoms with Gasteiger partial charge >= 0.3 is 5.69 Å². The highest BCUT2D eigenvalue weighted by molar-refractivity contribution is 7.14. The lowest BCUT2D eigenvalue weighted by atomic mass is 10.2. The highest BCUT2D eigenvalue weighted by atomic mass is 32.1. The van der Waals surface area contributed by atoms with Crippen LogP contribution in [0, 0.1) is 0 Å². The Labute approximate surface area is 119 Å². The van der Waals surface area contributed by atoms with Gasteiger partial charge in [-0.2, -0.15) is 0 Å².